The predicted molar refractivity (Wildman–Crippen MR) is 81.4 cm³/mol. The SMILES string of the molecule is CC(=O)O[C@H]1[C@@H](OS(=O)(=O)c2ccc(C)cc2)[C@@H](O)[C@@H](C)O[C@H]1O. The Hall–Kier alpha value is -1.52. The number of hydrogen-bond acceptors (Lipinski definition) is 8. The van der Waals surface area contributed by atoms with E-state index in [1.54, 1.807) is 19.1 Å². The molecule has 0 aromatic heterocycles. The summed E-state index contributed by atoms with van der Waals surface area (Å²) in [7, 11) is -4.24. The first-order valence-electron chi connectivity index (χ1n) is 7.30. The second kappa shape index (κ2) is 7.16. The molecule has 2 N–H and O–H groups in total. The summed E-state index contributed by atoms with van der Waals surface area (Å²) in [6, 6.07) is 5.91. The first-order chi connectivity index (χ1) is 11.1. The molecule has 134 valence electrons. The molecule has 0 radical (unpaired) electrons. The fourth-order valence-corrected chi connectivity index (χ4v) is 3.43. The molecule has 0 saturated carbocycles. The van der Waals surface area contributed by atoms with Gasteiger partial charge < -0.3 is 19.7 Å². The molecule has 24 heavy (non-hydrogen) atoms. The average Bonchev–Trinajstić information content (AvgIpc) is 2.48. The summed E-state index contributed by atoms with van der Waals surface area (Å²) in [5, 5.41) is 20.1. The van der Waals surface area contributed by atoms with E-state index in [0.29, 0.717) is 0 Å². The molecule has 1 fully saturated rings. The van der Waals surface area contributed by atoms with Gasteiger partial charge in [-0.2, -0.15) is 8.42 Å². The van der Waals surface area contributed by atoms with Crippen molar-refractivity contribution in [2.75, 3.05) is 0 Å². The predicted octanol–water partition coefficient (Wildman–Crippen LogP) is 0.0986. The largest absolute Gasteiger partial charge is 0.454 e. The normalized spacial score (nSPS) is 30.8. The molecule has 1 aromatic carbocycles. The fourth-order valence-electron chi connectivity index (χ4n) is 2.34. The van der Waals surface area contributed by atoms with Crippen molar-refractivity contribution in [1.82, 2.24) is 0 Å². The molecule has 0 amide bonds. The molecule has 0 aliphatic carbocycles. The molecule has 8 nitrogen and oxygen atoms in total. The molecule has 0 unspecified atom stereocenters. The Morgan fingerprint density at radius 2 is 1.75 bits per heavy atom. The lowest BCUT2D eigenvalue weighted by atomic mass is 10.00. The van der Waals surface area contributed by atoms with Gasteiger partial charge in [-0.15, -0.1) is 0 Å². The maximum atomic E-state index is 12.4. The molecule has 1 saturated heterocycles. The Morgan fingerprint density at radius 3 is 2.29 bits per heavy atom. The summed E-state index contributed by atoms with van der Waals surface area (Å²) in [4.78, 5) is 11.1. The van der Waals surface area contributed by atoms with Crippen molar-refractivity contribution in [2.45, 2.75) is 56.4 Å². The van der Waals surface area contributed by atoms with Crippen LogP contribution >= 0.6 is 0 Å². The molecular weight excluding hydrogens is 340 g/mol. The smallest absolute Gasteiger partial charge is 0.303 e. The molecular formula is C15H20O8S. The number of hydrogen-bond donors (Lipinski definition) is 2. The Morgan fingerprint density at radius 1 is 1.17 bits per heavy atom. The molecule has 2 rings (SSSR count). The summed E-state index contributed by atoms with van der Waals surface area (Å²) in [6.07, 6.45) is -6.93. The molecule has 0 spiro atoms. The molecule has 1 aliphatic heterocycles. The number of benzene rings is 1. The van der Waals surface area contributed by atoms with Crippen LogP contribution in [0.2, 0.25) is 0 Å². The highest BCUT2D eigenvalue weighted by Gasteiger charge is 2.48. The van der Waals surface area contributed by atoms with Gasteiger partial charge in [0, 0.05) is 6.92 Å². The third-order valence-corrected chi connectivity index (χ3v) is 4.95. The number of aliphatic hydroxyl groups excluding tert-OH is 2. The number of aliphatic hydroxyl groups is 2. The van der Waals surface area contributed by atoms with E-state index in [9.17, 15) is 23.4 Å². The maximum Gasteiger partial charge on any atom is 0.303 e. The van der Waals surface area contributed by atoms with Gasteiger partial charge in [-0.1, -0.05) is 17.7 Å². The number of aryl methyl sites for hydroxylation is 1. The van der Waals surface area contributed by atoms with Crippen LogP contribution in [0.4, 0.5) is 0 Å². The second-order valence-electron chi connectivity index (χ2n) is 5.62. The fraction of sp³-hybridized carbons (Fsp3) is 0.533. The molecule has 1 aromatic rings. The molecule has 1 heterocycles. The molecule has 1 aliphatic rings. The minimum atomic E-state index is -4.24. The Balaban J connectivity index is 2.30. The summed E-state index contributed by atoms with van der Waals surface area (Å²) in [6.45, 7) is 4.32. The van der Waals surface area contributed by atoms with Crippen molar-refractivity contribution in [1.29, 1.82) is 0 Å². The average molecular weight is 360 g/mol. The van der Waals surface area contributed by atoms with E-state index in [2.05, 4.69) is 0 Å². The first-order valence-corrected chi connectivity index (χ1v) is 8.71. The van der Waals surface area contributed by atoms with Crippen LogP contribution < -0.4 is 0 Å². The van der Waals surface area contributed by atoms with Gasteiger partial charge in [0.25, 0.3) is 10.1 Å². The molecule has 0 bridgehead atoms. The van der Waals surface area contributed by atoms with E-state index < -0.39 is 46.8 Å². The van der Waals surface area contributed by atoms with Gasteiger partial charge in [0.15, 0.2) is 12.4 Å². The van der Waals surface area contributed by atoms with Crippen molar-refractivity contribution < 1.29 is 37.1 Å². The van der Waals surface area contributed by atoms with Crippen molar-refractivity contribution in [3.8, 4) is 0 Å². The van der Waals surface area contributed by atoms with Gasteiger partial charge in [-0.3, -0.25) is 8.98 Å². The lowest BCUT2D eigenvalue weighted by Crippen LogP contribution is -2.59. The quantitative estimate of drug-likeness (QED) is 0.573. The van der Waals surface area contributed by atoms with Crippen LogP contribution in [0.25, 0.3) is 0 Å². The number of carbonyl (C=O) groups is 1. The summed E-state index contributed by atoms with van der Waals surface area (Å²) in [5.41, 5.74) is 0.863. The van der Waals surface area contributed by atoms with E-state index in [0.717, 1.165) is 12.5 Å². The van der Waals surface area contributed by atoms with Gasteiger partial charge in [0.1, 0.15) is 12.2 Å². The highest BCUT2D eigenvalue weighted by atomic mass is 32.2. The lowest BCUT2D eigenvalue weighted by molar-refractivity contribution is -0.277. The van der Waals surface area contributed by atoms with Gasteiger partial charge in [-0.25, -0.2) is 0 Å². The van der Waals surface area contributed by atoms with E-state index in [4.69, 9.17) is 13.7 Å². The highest BCUT2D eigenvalue weighted by molar-refractivity contribution is 7.86. The number of carbonyl (C=O) groups excluding carboxylic acids is 1. The zero-order chi connectivity index (χ0) is 18.1. The highest BCUT2D eigenvalue weighted by Crippen LogP contribution is 2.28. The summed E-state index contributed by atoms with van der Waals surface area (Å²) < 4.78 is 39.8. The number of ether oxygens (including phenoxy) is 2. The van der Waals surface area contributed by atoms with Crippen LogP contribution in [0.1, 0.15) is 19.4 Å². The van der Waals surface area contributed by atoms with Crippen LogP contribution in [-0.2, 0) is 28.6 Å². The van der Waals surface area contributed by atoms with Crippen LogP contribution in [0.3, 0.4) is 0 Å². The van der Waals surface area contributed by atoms with Gasteiger partial charge in [0.05, 0.1) is 11.0 Å². The van der Waals surface area contributed by atoms with E-state index >= 15 is 0 Å². The Kier molecular flexibility index (Phi) is 5.61. The Labute approximate surface area is 140 Å². The van der Waals surface area contributed by atoms with Crippen LogP contribution in [0.5, 0.6) is 0 Å². The van der Waals surface area contributed by atoms with E-state index in [1.807, 2.05) is 0 Å². The zero-order valence-electron chi connectivity index (χ0n) is 13.4. The maximum absolute atomic E-state index is 12.4. The molecule has 5 atom stereocenters. The van der Waals surface area contributed by atoms with Crippen LogP contribution in [0.15, 0.2) is 29.2 Å². The van der Waals surface area contributed by atoms with Crippen molar-refractivity contribution in [2.24, 2.45) is 0 Å². The van der Waals surface area contributed by atoms with Gasteiger partial charge in [0.2, 0.25) is 0 Å². The van der Waals surface area contributed by atoms with E-state index in [-0.39, 0.29) is 4.90 Å². The standard InChI is InChI=1S/C15H20O8S/c1-8-4-6-11(7-5-8)24(19,20)23-13-12(17)9(2)21-15(18)14(13)22-10(3)16/h4-7,9,12-15,17-18H,1-3H3/t9-,12+,13+,14+,15-/m1/s1. The minimum Gasteiger partial charge on any atom is -0.454 e. The number of rotatable bonds is 4. The second-order valence-corrected chi connectivity index (χ2v) is 7.20. The zero-order valence-corrected chi connectivity index (χ0v) is 14.3. The van der Waals surface area contributed by atoms with Gasteiger partial charge in [-0.05, 0) is 26.0 Å². The van der Waals surface area contributed by atoms with Gasteiger partial charge >= 0.3 is 5.97 Å². The van der Waals surface area contributed by atoms with Crippen LogP contribution in [0, 0.1) is 6.92 Å². The third kappa shape index (κ3) is 4.11. The third-order valence-electron chi connectivity index (χ3n) is 3.63. The monoisotopic (exact) mass is 360 g/mol. The topological polar surface area (TPSA) is 119 Å². The molecule has 9 heteroatoms. The van der Waals surface area contributed by atoms with E-state index in [1.165, 1.54) is 19.1 Å². The van der Waals surface area contributed by atoms with Crippen molar-refractivity contribution in [3.63, 3.8) is 0 Å². The number of esters is 1. The summed E-state index contributed by atoms with van der Waals surface area (Å²) in [5.74, 6) is -0.772. The minimum absolute atomic E-state index is 0.115. The van der Waals surface area contributed by atoms with Crippen molar-refractivity contribution >= 4 is 16.1 Å². The first kappa shape index (κ1) is 18.8. The van der Waals surface area contributed by atoms with Crippen LogP contribution in [-0.4, -0.2) is 55.3 Å². The lowest BCUT2D eigenvalue weighted by Gasteiger charge is -2.40. The summed E-state index contributed by atoms with van der Waals surface area (Å²) >= 11 is 0. The van der Waals surface area contributed by atoms with Crippen molar-refractivity contribution in [3.05, 3.63) is 29.8 Å². The Bertz CT molecular complexity index is 684.